The minimum Gasteiger partial charge on any atom is -0.329 e. The first-order valence-corrected chi connectivity index (χ1v) is 6.40. The lowest BCUT2D eigenvalue weighted by molar-refractivity contribution is 0.241. The van der Waals surface area contributed by atoms with Gasteiger partial charge in [0.05, 0.1) is 0 Å². The van der Waals surface area contributed by atoms with E-state index in [1.54, 1.807) is 12.1 Å². The highest BCUT2D eigenvalue weighted by atomic mass is 19.1. The molecule has 0 saturated carbocycles. The minimum absolute atomic E-state index is 0.143. The zero-order valence-electron chi connectivity index (χ0n) is 11.1. The normalized spacial score (nSPS) is 12.6. The Balaban J connectivity index is 2.11. The van der Waals surface area contributed by atoms with Crippen molar-refractivity contribution in [2.24, 2.45) is 5.73 Å². The van der Waals surface area contributed by atoms with Crippen LogP contribution < -0.4 is 5.73 Å². The largest absolute Gasteiger partial charge is 0.329 e. The van der Waals surface area contributed by atoms with E-state index in [-0.39, 0.29) is 11.9 Å². The first-order valence-electron chi connectivity index (χ1n) is 6.40. The minimum atomic E-state index is -0.199. The van der Waals surface area contributed by atoms with E-state index < -0.39 is 0 Å². The summed E-state index contributed by atoms with van der Waals surface area (Å²) in [6.07, 6.45) is 0. The molecule has 0 saturated heterocycles. The third kappa shape index (κ3) is 3.63. The SMILES string of the molecule is CN(Cc1cccc(F)c1)C(CN)c1ccccc1. The number of benzene rings is 2. The highest BCUT2D eigenvalue weighted by Crippen LogP contribution is 2.20. The van der Waals surface area contributed by atoms with E-state index in [0.717, 1.165) is 5.56 Å². The molecule has 0 bridgehead atoms. The van der Waals surface area contributed by atoms with Crippen LogP contribution in [0.3, 0.4) is 0 Å². The molecule has 2 rings (SSSR count). The fourth-order valence-electron chi connectivity index (χ4n) is 2.28. The molecule has 0 aliphatic rings. The Morgan fingerprint density at radius 3 is 2.47 bits per heavy atom. The van der Waals surface area contributed by atoms with Crippen LogP contribution in [0.1, 0.15) is 17.2 Å². The first-order chi connectivity index (χ1) is 9.20. The molecule has 1 atom stereocenters. The summed E-state index contributed by atoms with van der Waals surface area (Å²) >= 11 is 0. The van der Waals surface area contributed by atoms with Gasteiger partial charge < -0.3 is 5.73 Å². The van der Waals surface area contributed by atoms with Gasteiger partial charge in [0.2, 0.25) is 0 Å². The van der Waals surface area contributed by atoms with E-state index in [9.17, 15) is 4.39 Å². The maximum absolute atomic E-state index is 13.2. The Morgan fingerprint density at radius 2 is 1.84 bits per heavy atom. The number of hydrogen-bond donors (Lipinski definition) is 1. The van der Waals surface area contributed by atoms with Crippen molar-refractivity contribution in [3.8, 4) is 0 Å². The molecular formula is C16H19FN2. The average molecular weight is 258 g/mol. The van der Waals surface area contributed by atoms with E-state index >= 15 is 0 Å². The van der Waals surface area contributed by atoms with Crippen LogP contribution in [0.2, 0.25) is 0 Å². The summed E-state index contributed by atoms with van der Waals surface area (Å²) in [5.41, 5.74) is 8.01. The van der Waals surface area contributed by atoms with Gasteiger partial charge in [0.25, 0.3) is 0 Å². The van der Waals surface area contributed by atoms with Crippen LogP contribution in [0.15, 0.2) is 54.6 Å². The Labute approximate surface area is 113 Å². The van der Waals surface area contributed by atoms with Crippen molar-refractivity contribution in [3.63, 3.8) is 0 Å². The van der Waals surface area contributed by atoms with Crippen molar-refractivity contribution in [2.75, 3.05) is 13.6 Å². The van der Waals surface area contributed by atoms with E-state index in [2.05, 4.69) is 17.0 Å². The van der Waals surface area contributed by atoms with E-state index in [1.807, 2.05) is 31.3 Å². The molecular weight excluding hydrogens is 239 g/mol. The van der Waals surface area contributed by atoms with Crippen molar-refractivity contribution >= 4 is 0 Å². The van der Waals surface area contributed by atoms with Crippen molar-refractivity contribution in [1.82, 2.24) is 4.90 Å². The van der Waals surface area contributed by atoms with Crippen LogP contribution in [-0.2, 0) is 6.54 Å². The summed E-state index contributed by atoms with van der Waals surface area (Å²) in [7, 11) is 2.01. The molecule has 3 heteroatoms. The van der Waals surface area contributed by atoms with Gasteiger partial charge in [-0.2, -0.15) is 0 Å². The maximum Gasteiger partial charge on any atom is 0.123 e. The van der Waals surface area contributed by atoms with E-state index in [1.165, 1.54) is 11.6 Å². The molecule has 0 amide bonds. The number of hydrogen-bond acceptors (Lipinski definition) is 2. The molecule has 0 aromatic heterocycles. The molecule has 0 fully saturated rings. The van der Waals surface area contributed by atoms with Crippen LogP contribution >= 0.6 is 0 Å². The summed E-state index contributed by atoms with van der Waals surface area (Å²) in [4.78, 5) is 2.14. The van der Waals surface area contributed by atoms with Gasteiger partial charge in [0, 0.05) is 19.1 Å². The predicted octanol–water partition coefficient (Wildman–Crippen LogP) is 2.96. The van der Waals surface area contributed by atoms with E-state index in [0.29, 0.717) is 13.1 Å². The Kier molecular flexibility index (Phi) is 4.66. The third-order valence-corrected chi connectivity index (χ3v) is 3.26. The molecule has 0 heterocycles. The molecule has 2 aromatic carbocycles. The summed E-state index contributed by atoms with van der Waals surface area (Å²) in [6.45, 7) is 1.21. The van der Waals surface area contributed by atoms with Crippen molar-refractivity contribution < 1.29 is 4.39 Å². The fourth-order valence-corrected chi connectivity index (χ4v) is 2.28. The second-order valence-corrected chi connectivity index (χ2v) is 4.71. The highest BCUT2D eigenvalue weighted by Gasteiger charge is 2.15. The molecule has 100 valence electrons. The highest BCUT2D eigenvalue weighted by molar-refractivity contribution is 5.21. The second kappa shape index (κ2) is 6.45. The summed E-state index contributed by atoms with van der Waals surface area (Å²) < 4.78 is 13.2. The first kappa shape index (κ1) is 13.7. The third-order valence-electron chi connectivity index (χ3n) is 3.26. The summed E-state index contributed by atoms with van der Waals surface area (Å²) in [5, 5.41) is 0. The lowest BCUT2D eigenvalue weighted by Crippen LogP contribution is -2.30. The van der Waals surface area contributed by atoms with E-state index in [4.69, 9.17) is 5.73 Å². The molecule has 0 aliphatic carbocycles. The quantitative estimate of drug-likeness (QED) is 0.893. The summed E-state index contributed by atoms with van der Waals surface area (Å²) in [5.74, 6) is -0.199. The van der Waals surface area contributed by atoms with Crippen molar-refractivity contribution in [1.29, 1.82) is 0 Å². The van der Waals surface area contributed by atoms with Crippen molar-refractivity contribution in [3.05, 3.63) is 71.5 Å². The van der Waals surface area contributed by atoms with Gasteiger partial charge in [-0.25, -0.2) is 4.39 Å². The molecule has 2 nitrogen and oxygen atoms in total. The van der Waals surface area contributed by atoms with Crippen LogP contribution in [0, 0.1) is 5.82 Å². The average Bonchev–Trinajstić information content (AvgIpc) is 2.41. The van der Waals surface area contributed by atoms with Gasteiger partial charge in [-0.15, -0.1) is 0 Å². The number of nitrogens with zero attached hydrogens (tertiary/aromatic N) is 1. The van der Waals surface area contributed by atoms with Crippen LogP contribution in [0.4, 0.5) is 4.39 Å². The van der Waals surface area contributed by atoms with Crippen molar-refractivity contribution in [2.45, 2.75) is 12.6 Å². The maximum atomic E-state index is 13.2. The molecule has 2 aromatic rings. The zero-order chi connectivity index (χ0) is 13.7. The van der Waals surface area contributed by atoms with Crippen LogP contribution in [-0.4, -0.2) is 18.5 Å². The molecule has 1 unspecified atom stereocenters. The predicted molar refractivity (Wildman–Crippen MR) is 76.1 cm³/mol. The number of likely N-dealkylation sites (N-methyl/N-ethyl adjacent to an activating group) is 1. The summed E-state index contributed by atoms with van der Waals surface area (Å²) in [6, 6.07) is 17.0. The Hall–Kier alpha value is -1.71. The number of rotatable bonds is 5. The van der Waals surface area contributed by atoms with Gasteiger partial charge in [-0.1, -0.05) is 42.5 Å². The standard InChI is InChI=1S/C16H19FN2/c1-19(12-13-6-5-9-15(17)10-13)16(11-18)14-7-3-2-4-8-14/h2-10,16H,11-12,18H2,1H3. The topological polar surface area (TPSA) is 29.3 Å². The van der Waals surface area contributed by atoms with Gasteiger partial charge >= 0.3 is 0 Å². The second-order valence-electron chi connectivity index (χ2n) is 4.71. The molecule has 0 radical (unpaired) electrons. The fraction of sp³-hybridized carbons (Fsp3) is 0.250. The van der Waals surface area contributed by atoms with Crippen LogP contribution in [0.25, 0.3) is 0 Å². The van der Waals surface area contributed by atoms with Gasteiger partial charge in [0.1, 0.15) is 5.82 Å². The zero-order valence-corrected chi connectivity index (χ0v) is 11.1. The molecule has 0 aliphatic heterocycles. The van der Waals surface area contributed by atoms with Gasteiger partial charge in [0.15, 0.2) is 0 Å². The smallest absolute Gasteiger partial charge is 0.123 e. The molecule has 19 heavy (non-hydrogen) atoms. The number of halogens is 1. The van der Waals surface area contributed by atoms with Gasteiger partial charge in [-0.3, -0.25) is 4.90 Å². The Bertz CT molecular complexity index is 513. The monoisotopic (exact) mass is 258 g/mol. The lowest BCUT2D eigenvalue weighted by atomic mass is 10.1. The Morgan fingerprint density at radius 1 is 1.11 bits per heavy atom. The van der Waals surface area contributed by atoms with Crippen LogP contribution in [0.5, 0.6) is 0 Å². The lowest BCUT2D eigenvalue weighted by Gasteiger charge is -2.27. The molecule has 2 N–H and O–H groups in total. The van der Waals surface area contributed by atoms with Gasteiger partial charge in [-0.05, 0) is 30.3 Å². The number of nitrogens with two attached hydrogens (primary N) is 1. The molecule has 0 spiro atoms.